The molecule has 4 aromatic rings. The van der Waals surface area contributed by atoms with Crippen LogP contribution in [-0.4, -0.2) is 38.6 Å². The molecule has 0 saturated heterocycles. The van der Waals surface area contributed by atoms with Crippen LogP contribution in [0.3, 0.4) is 0 Å². The van der Waals surface area contributed by atoms with Gasteiger partial charge in [-0.1, -0.05) is 31.2 Å². The molecule has 0 bridgehead atoms. The number of H-pyrrole nitrogens is 1. The Bertz CT molecular complexity index is 1120. The van der Waals surface area contributed by atoms with Gasteiger partial charge in [0.25, 0.3) is 0 Å². The van der Waals surface area contributed by atoms with Gasteiger partial charge in [-0.15, -0.1) is 10.2 Å². The molecule has 4 rings (SSSR count). The number of guanidine groups is 1. The zero-order valence-corrected chi connectivity index (χ0v) is 16.9. The summed E-state index contributed by atoms with van der Waals surface area (Å²) in [5.74, 6) is 1.61. The summed E-state index contributed by atoms with van der Waals surface area (Å²) in [6.07, 6.45) is 6.04. The Morgan fingerprint density at radius 3 is 2.86 bits per heavy atom. The highest BCUT2D eigenvalue weighted by Gasteiger charge is 2.08. The number of para-hydroxylation sites is 1. The molecule has 0 aliphatic carbocycles. The number of fused-ring (bicyclic) bond motifs is 2. The molecule has 0 aliphatic rings. The van der Waals surface area contributed by atoms with Gasteiger partial charge in [0.05, 0.1) is 0 Å². The van der Waals surface area contributed by atoms with E-state index in [0.717, 1.165) is 43.4 Å². The summed E-state index contributed by atoms with van der Waals surface area (Å²) in [5, 5.41) is 16.5. The summed E-state index contributed by atoms with van der Waals surface area (Å²) in [7, 11) is 0. The zero-order chi connectivity index (χ0) is 20.1. The lowest BCUT2D eigenvalue weighted by Crippen LogP contribution is -2.38. The molecule has 3 aromatic heterocycles. The van der Waals surface area contributed by atoms with Gasteiger partial charge in [0, 0.05) is 36.4 Å². The maximum Gasteiger partial charge on any atom is 0.191 e. The van der Waals surface area contributed by atoms with E-state index in [1.807, 2.05) is 28.8 Å². The Labute approximate surface area is 170 Å². The summed E-state index contributed by atoms with van der Waals surface area (Å²) in [4.78, 5) is 8.12. The van der Waals surface area contributed by atoms with E-state index >= 15 is 0 Å². The first-order chi connectivity index (χ1) is 14.3. The Kier molecular flexibility index (Phi) is 5.74. The molecule has 150 valence electrons. The van der Waals surface area contributed by atoms with Crippen LogP contribution in [0.4, 0.5) is 0 Å². The third-order valence-corrected chi connectivity index (χ3v) is 5.06. The molecule has 0 unspecified atom stereocenters. The molecular weight excluding hydrogens is 362 g/mol. The van der Waals surface area contributed by atoms with E-state index in [-0.39, 0.29) is 0 Å². The second-order valence-corrected chi connectivity index (χ2v) is 6.92. The van der Waals surface area contributed by atoms with E-state index < -0.39 is 0 Å². The summed E-state index contributed by atoms with van der Waals surface area (Å²) < 4.78 is 1.96. The number of hydrogen-bond donors (Lipinski definition) is 3. The quantitative estimate of drug-likeness (QED) is 0.335. The van der Waals surface area contributed by atoms with Crippen LogP contribution in [0.2, 0.25) is 0 Å². The number of rotatable bonds is 7. The van der Waals surface area contributed by atoms with Gasteiger partial charge in [-0.3, -0.25) is 4.40 Å². The van der Waals surface area contributed by atoms with Crippen molar-refractivity contribution in [2.45, 2.75) is 33.2 Å². The molecule has 3 heterocycles. The summed E-state index contributed by atoms with van der Waals surface area (Å²) in [6.45, 7) is 6.33. The zero-order valence-electron chi connectivity index (χ0n) is 16.9. The molecule has 29 heavy (non-hydrogen) atoms. The van der Waals surface area contributed by atoms with Crippen LogP contribution < -0.4 is 10.6 Å². The van der Waals surface area contributed by atoms with Crippen molar-refractivity contribution >= 4 is 22.5 Å². The summed E-state index contributed by atoms with van der Waals surface area (Å²) in [6, 6.07) is 12.4. The van der Waals surface area contributed by atoms with E-state index in [4.69, 9.17) is 0 Å². The normalized spacial score (nSPS) is 12.0. The first-order valence-corrected chi connectivity index (χ1v) is 10.2. The van der Waals surface area contributed by atoms with Crippen LogP contribution in [0, 0.1) is 0 Å². The largest absolute Gasteiger partial charge is 0.361 e. The second kappa shape index (κ2) is 8.77. The van der Waals surface area contributed by atoms with Gasteiger partial charge >= 0.3 is 0 Å². The highest BCUT2D eigenvalue weighted by atomic mass is 15.3. The van der Waals surface area contributed by atoms with Gasteiger partial charge < -0.3 is 15.6 Å². The molecule has 0 aliphatic heterocycles. The topological polar surface area (TPSA) is 82.4 Å². The van der Waals surface area contributed by atoms with Crippen molar-refractivity contribution in [2.75, 3.05) is 13.1 Å². The second-order valence-electron chi connectivity index (χ2n) is 6.92. The molecule has 0 atom stereocenters. The van der Waals surface area contributed by atoms with E-state index in [1.165, 1.54) is 22.0 Å². The maximum atomic E-state index is 4.68. The van der Waals surface area contributed by atoms with Crippen LogP contribution in [0.25, 0.3) is 16.6 Å². The Hall–Kier alpha value is -3.35. The van der Waals surface area contributed by atoms with E-state index in [9.17, 15) is 0 Å². The lowest BCUT2D eigenvalue weighted by molar-refractivity contribution is 0.789. The SMILES string of the molecule is CCNC(=NCc1nnc2ccccn12)NCCc1c[nH]c2c(CC)cccc12. The van der Waals surface area contributed by atoms with Gasteiger partial charge in [-0.05, 0) is 43.0 Å². The van der Waals surface area contributed by atoms with E-state index in [2.05, 4.69) is 69.1 Å². The van der Waals surface area contributed by atoms with Crippen LogP contribution >= 0.6 is 0 Å². The van der Waals surface area contributed by atoms with Crippen molar-refractivity contribution in [3.05, 3.63) is 65.7 Å². The molecule has 0 radical (unpaired) electrons. The fraction of sp³-hybridized carbons (Fsp3) is 0.318. The van der Waals surface area contributed by atoms with Crippen LogP contribution in [0.5, 0.6) is 0 Å². The first kappa shape index (κ1) is 19.0. The minimum absolute atomic E-state index is 0.466. The standard InChI is InChI=1S/C22H27N7/c1-3-16-8-7-9-18-17(14-25-21(16)18)11-12-24-22(23-4-2)26-15-20-28-27-19-10-5-6-13-29(19)20/h5-10,13-14,25H,3-4,11-12,15H2,1-2H3,(H2,23,24,26). The minimum Gasteiger partial charge on any atom is -0.361 e. The minimum atomic E-state index is 0.466. The molecule has 0 spiro atoms. The molecule has 0 amide bonds. The monoisotopic (exact) mass is 389 g/mol. The van der Waals surface area contributed by atoms with Gasteiger partial charge in [0.1, 0.15) is 6.54 Å². The van der Waals surface area contributed by atoms with Crippen LogP contribution in [-0.2, 0) is 19.4 Å². The van der Waals surface area contributed by atoms with Gasteiger partial charge in [0.2, 0.25) is 0 Å². The van der Waals surface area contributed by atoms with Crippen molar-refractivity contribution in [2.24, 2.45) is 4.99 Å². The van der Waals surface area contributed by atoms with Crippen molar-refractivity contribution in [1.29, 1.82) is 0 Å². The third-order valence-electron chi connectivity index (χ3n) is 5.06. The molecule has 0 saturated carbocycles. The predicted molar refractivity (Wildman–Crippen MR) is 117 cm³/mol. The third kappa shape index (κ3) is 4.08. The molecule has 7 nitrogen and oxygen atoms in total. The fourth-order valence-electron chi connectivity index (χ4n) is 3.58. The number of aromatic nitrogens is 4. The molecular formula is C22H27N7. The van der Waals surface area contributed by atoms with Crippen molar-refractivity contribution < 1.29 is 0 Å². The maximum absolute atomic E-state index is 4.68. The molecule has 7 heteroatoms. The van der Waals surface area contributed by atoms with Crippen molar-refractivity contribution in [3.8, 4) is 0 Å². The average Bonchev–Trinajstić information content (AvgIpc) is 3.36. The molecule has 0 fully saturated rings. The van der Waals surface area contributed by atoms with Crippen molar-refractivity contribution in [1.82, 2.24) is 30.2 Å². The van der Waals surface area contributed by atoms with Crippen molar-refractivity contribution in [3.63, 3.8) is 0 Å². The molecule has 3 N–H and O–H groups in total. The number of benzene rings is 1. The number of aliphatic imine (C=N–C) groups is 1. The number of nitrogens with zero attached hydrogens (tertiary/aromatic N) is 4. The van der Waals surface area contributed by atoms with Gasteiger partial charge in [-0.25, -0.2) is 4.99 Å². The summed E-state index contributed by atoms with van der Waals surface area (Å²) >= 11 is 0. The smallest absolute Gasteiger partial charge is 0.191 e. The predicted octanol–water partition coefficient (Wildman–Crippen LogP) is 3.07. The van der Waals surface area contributed by atoms with Gasteiger partial charge in [-0.2, -0.15) is 0 Å². The Morgan fingerprint density at radius 1 is 1.07 bits per heavy atom. The highest BCUT2D eigenvalue weighted by Crippen LogP contribution is 2.22. The van der Waals surface area contributed by atoms with Crippen LogP contribution in [0.15, 0.2) is 53.8 Å². The average molecular weight is 390 g/mol. The number of hydrogen-bond acceptors (Lipinski definition) is 3. The number of aromatic amines is 1. The van der Waals surface area contributed by atoms with Crippen LogP contribution in [0.1, 0.15) is 30.8 Å². The van der Waals surface area contributed by atoms with E-state index in [1.54, 1.807) is 0 Å². The number of pyridine rings is 1. The Balaban J connectivity index is 1.42. The lowest BCUT2D eigenvalue weighted by Gasteiger charge is -2.11. The Morgan fingerprint density at radius 2 is 2.00 bits per heavy atom. The molecule has 1 aromatic carbocycles. The van der Waals surface area contributed by atoms with E-state index in [0.29, 0.717) is 6.54 Å². The summed E-state index contributed by atoms with van der Waals surface area (Å²) in [5.41, 5.74) is 4.77. The lowest BCUT2D eigenvalue weighted by atomic mass is 10.1. The van der Waals surface area contributed by atoms with Gasteiger partial charge in [0.15, 0.2) is 17.4 Å². The number of aryl methyl sites for hydroxylation is 1. The highest BCUT2D eigenvalue weighted by molar-refractivity contribution is 5.86. The fourth-order valence-corrected chi connectivity index (χ4v) is 3.58. The number of nitrogens with one attached hydrogen (secondary N) is 3. The first-order valence-electron chi connectivity index (χ1n) is 10.2.